The molecule has 8 aromatic carbocycles. The second-order valence-corrected chi connectivity index (χ2v) is 13.1. The number of rotatable bonds is 5. The van der Waals surface area contributed by atoms with Crippen molar-refractivity contribution in [3.05, 3.63) is 170 Å². The van der Waals surface area contributed by atoms with Crippen molar-refractivity contribution in [1.29, 1.82) is 0 Å². The minimum Gasteiger partial charge on any atom is -0.456 e. The molecule has 0 aliphatic rings. The van der Waals surface area contributed by atoms with Crippen molar-refractivity contribution in [2.45, 2.75) is 0 Å². The summed E-state index contributed by atoms with van der Waals surface area (Å²) in [6.07, 6.45) is 0. The predicted molar refractivity (Wildman–Crippen MR) is 212 cm³/mol. The lowest BCUT2D eigenvalue weighted by atomic mass is 9.98. The summed E-state index contributed by atoms with van der Waals surface area (Å²) >= 11 is 0. The molecule has 5 nitrogen and oxygen atoms in total. The second kappa shape index (κ2) is 11.2. The van der Waals surface area contributed by atoms with Crippen molar-refractivity contribution >= 4 is 82.8 Å². The zero-order valence-corrected chi connectivity index (χ0v) is 27.8. The molecule has 0 amide bonds. The molecule has 0 atom stereocenters. The van der Waals surface area contributed by atoms with E-state index in [4.69, 9.17) is 18.2 Å². The molecule has 0 fully saturated rings. The van der Waals surface area contributed by atoms with Crippen molar-refractivity contribution in [2.75, 3.05) is 4.90 Å². The number of fused-ring (bicyclic) bond motifs is 9. The van der Waals surface area contributed by atoms with E-state index >= 15 is 0 Å². The van der Waals surface area contributed by atoms with Crippen LogP contribution in [0.2, 0.25) is 0 Å². The molecule has 3 heterocycles. The molecule has 0 aliphatic carbocycles. The van der Waals surface area contributed by atoms with Crippen molar-refractivity contribution in [3.8, 4) is 22.6 Å². The van der Waals surface area contributed by atoms with Crippen molar-refractivity contribution in [3.63, 3.8) is 0 Å². The molecular formula is C47H28N2O3. The van der Waals surface area contributed by atoms with Crippen LogP contribution in [0.4, 0.5) is 17.1 Å². The third-order valence-electron chi connectivity index (χ3n) is 10.1. The molecule has 0 N–H and O–H groups in total. The fraction of sp³-hybridized carbons (Fsp3) is 0. The van der Waals surface area contributed by atoms with E-state index in [0.29, 0.717) is 5.89 Å². The Morgan fingerprint density at radius 3 is 1.85 bits per heavy atom. The average molecular weight is 669 g/mol. The summed E-state index contributed by atoms with van der Waals surface area (Å²) in [5, 5.41) is 6.52. The van der Waals surface area contributed by atoms with Crippen LogP contribution >= 0.6 is 0 Å². The Kier molecular flexibility index (Phi) is 6.18. The van der Waals surface area contributed by atoms with E-state index in [-0.39, 0.29) is 0 Å². The molecule has 0 unspecified atom stereocenters. The van der Waals surface area contributed by atoms with Crippen LogP contribution in [0.1, 0.15) is 0 Å². The molecule has 5 heteroatoms. The third kappa shape index (κ3) is 4.46. The normalized spacial score (nSPS) is 11.8. The summed E-state index contributed by atoms with van der Waals surface area (Å²) in [5.41, 5.74) is 11.1. The lowest BCUT2D eigenvalue weighted by molar-refractivity contribution is 0.619. The number of nitrogens with zero attached hydrogens (tertiary/aromatic N) is 2. The highest BCUT2D eigenvalue weighted by atomic mass is 16.4. The molecule has 52 heavy (non-hydrogen) atoms. The molecule has 0 bridgehead atoms. The first-order valence-electron chi connectivity index (χ1n) is 17.4. The van der Waals surface area contributed by atoms with Crippen LogP contribution in [0, 0.1) is 0 Å². The number of oxazole rings is 1. The van der Waals surface area contributed by atoms with Crippen LogP contribution < -0.4 is 4.90 Å². The quantitative estimate of drug-likeness (QED) is 0.183. The van der Waals surface area contributed by atoms with Crippen LogP contribution in [-0.4, -0.2) is 4.98 Å². The van der Waals surface area contributed by atoms with Crippen molar-refractivity contribution in [2.24, 2.45) is 0 Å². The Morgan fingerprint density at radius 1 is 0.385 bits per heavy atom. The van der Waals surface area contributed by atoms with E-state index in [9.17, 15) is 0 Å². The summed E-state index contributed by atoms with van der Waals surface area (Å²) < 4.78 is 18.9. The third-order valence-corrected chi connectivity index (χ3v) is 10.1. The SMILES string of the molecule is c1ccc(-c2nc3c(ccc4oc5ccc(N(c6ccc(-c7cccc8ccccc78)cc6)c6ccc7oc8ccccc8c7c6)cc5c43)o2)cc1. The summed E-state index contributed by atoms with van der Waals surface area (Å²) in [4.78, 5) is 7.29. The highest BCUT2D eigenvalue weighted by Crippen LogP contribution is 2.43. The van der Waals surface area contributed by atoms with Gasteiger partial charge in [-0.3, -0.25) is 0 Å². The van der Waals surface area contributed by atoms with Gasteiger partial charge in [-0.2, -0.15) is 0 Å². The molecule has 0 aliphatic heterocycles. The number of para-hydroxylation sites is 1. The van der Waals surface area contributed by atoms with E-state index in [1.54, 1.807) is 0 Å². The minimum atomic E-state index is 0.585. The van der Waals surface area contributed by atoms with E-state index < -0.39 is 0 Å². The van der Waals surface area contributed by atoms with Crippen molar-refractivity contribution < 1.29 is 13.3 Å². The predicted octanol–water partition coefficient (Wildman–Crippen LogP) is 13.6. The fourth-order valence-corrected chi connectivity index (χ4v) is 7.65. The zero-order valence-electron chi connectivity index (χ0n) is 27.8. The summed E-state index contributed by atoms with van der Waals surface area (Å²) in [6.45, 7) is 0. The van der Waals surface area contributed by atoms with Gasteiger partial charge in [-0.1, -0.05) is 91.0 Å². The number of anilines is 3. The fourth-order valence-electron chi connectivity index (χ4n) is 7.65. The molecule has 0 radical (unpaired) electrons. The lowest BCUT2D eigenvalue weighted by Crippen LogP contribution is -2.09. The molecular weight excluding hydrogens is 641 g/mol. The standard InChI is InChI=1S/C47H28N2O3/c1-2-10-31(11-3-1)47-48-46-44(52-47)26-25-43-45(46)39-28-34(22-24-42(39)51-43)49(33-21-23-41-38(27-33)37-14-6-7-16-40(37)50-41)32-19-17-30(18-20-32)36-15-8-12-29-9-4-5-13-35(29)36/h1-28H. The summed E-state index contributed by atoms with van der Waals surface area (Å²) in [5.74, 6) is 0.585. The number of furan rings is 2. The smallest absolute Gasteiger partial charge is 0.227 e. The molecule has 3 aromatic heterocycles. The lowest BCUT2D eigenvalue weighted by Gasteiger charge is -2.26. The van der Waals surface area contributed by atoms with Gasteiger partial charge < -0.3 is 18.2 Å². The topological polar surface area (TPSA) is 55.6 Å². The Labute approximate surface area is 297 Å². The van der Waals surface area contributed by atoms with E-state index in [1.807, 2.05) is 54.6 Å². The highest BCUT2D eigenvalue weighted by molar-refractivity contribution is 6.17. The van der Waals surface area contributed by atoms with Gasteiger partial charge in [0.1, 0.15) is 27.8 Å². The van der Waals surface area contributed by atoms with Crippen LogP contribution in [0.15, 0.2) is 183 Å². The van der Waals surface area contributed by atoms with Gasteiger partial charge in [-0.25, -0.2) is 4.98 Å². The maximum Gasteiger partial charge on any atom is 0.227 e. The van der Waals surface area contributed by atoms with Gasteiger partial charge in [-0.05, 0) is 101 Å². The Bertz CT molecular complexity index is 3130. The molecule has 0 saturated carbocycles. The van der Waals surface area contributed by atoms with Gasteiger partial charge in [0, 0.05) is 38.8 Å². The van der Waals surface area contributed by atoms with Crippen LogP contribution in [-0.2, 0) is 0 Å². The van der Waals surface area contributed by atoms with Crippen LogP contribution in [0.25, 0.3) is 88.3 Å². The molecule has 0 saturated heterocycles. The molecule has 0 spiro atoms. The monoisotopic (exact) mass is 668 g/mol. The van der Waals surface area contributed by atoms with Gasteiger partial charge in [0.15, 0.2) is 5.58 Å². The number of aromatic nitrogens is 1. The largest absolute Gasteiger partial charge is 0.456 e. The zero-order chi connectivity index (χ0) is 34.2. The maximum absolute atomic E-state index is 6.40. The van der Waals surface area contributed by atoms with Gasteiger partial charge >= 0.3 is 0 Å². The molecule has 11 rings (SSSR count). The Hall–Kier alpha value is -7.11. The van der Waals surface area contributed by atoms with E-state index in [2.05, 4.69) is 120 Å². The van der Waals surface area contributed by atoms with Crippen LogP contribution in [0.3, 0.4) is 0 Å². The number of benzene rings is 8. The summed E-state index contributed by atoms with van der Waals surface area (Å²) in [6, 6.07) is 58.8. The molecule has 244 valence electrons. The van der Waals surface area contributed by atoms with Crippen molar-refractivity contribution in [1.82, 2.24) is 4.98 Å². The number of hydrogen-bond acceptors (Lipinski definition) is 5. The maximum atomic E-state index is 6.40. The Balaban J connectivity index is 1.11. The summed E-state index contributed by atoms with van der Waals surface area (Å²) in [7, 11) is 0. The second-order valence-electron chi connectivity index (χ2n) is 13.1. The number of hydrogen-bond donors (Lipinski definition) is 0. The Morgan fingerprint density at radius 2 is 1.00 bits per heavy atom. The van der Waals surface area contributed by atoms with Gasteiger partial charge in [-0.15, -0.1) is 0 Å². The average Bonchev–Trinajstić information content (AvgIpc) is 3.91. The van der Waals surface area contributed by atoms with Gasteiger partial charge in [0.05, 0.1) is 5.39 Å². The van der Waals surface area contributed by atoms with E-state index in [1.165, 1.54) is 16.3 Å². The molecule has 11 aromatic rings. The van der Waals surface area contributed by atoms with E-state index in [0.717, 1.165) is 83.2 Å². The minimum absolute atomic E-state index is 0.585. The first-order chi connectivity index (χ1) is 25.7. The van der Waals surface area contributed by atoms with Gasteiger partial charge in [0.25, 0.3) is 0 Å². The highest BCUT2D eigenvalue weighted by Gasteiger charge is 2.20. The first-order valence-corrected chi connectivity index (χ1v) is 17.4. The van der Waals surface area contributed by atoms with Crippen LogP contribution in [0.5, 0.6) is 0 Å². The first kappa shape index (κ1) is 28.7. The van der Waals surface area contributed by atoms with Gasteiger partial charge in [0.2, 0.25) is 5.89 Å².